The maximum atomic E-state index is 9.84. The van der Waals surface area contributed by atoms with Crippen LogP contribution in [0.1, 0.15) is 52.4 Å². The summed E-state index contributed by atoms with van der Waals surface area (Å²) in [6, 6.07) is 0. The van der Waals surface area contributed by atoms with Crippen LogP contribution in [0.15, 0.2) is 0 Å². The standard InChI is InChI=1S/C13H24O2/c1-9(2)12(14)13-11(15-13)8-10-6-4-3-5-7-10/h9-14H,3-8H2,1-2H3/t11-,12-,13+/m1/s1. The molecule has 2 nitrogen and oxygen atoms in total. The Bertz CT molecular complexity index is 197. The van der Waals surface area contributed by atoms with Crippen LogP contribution in [-0.2, 0) is 4.74 Å². The van der Waals surface area contributed by atoms with E-state index in [0.717, 1.165) is 5.92 Å². The molecule has 1 aliphatic heterocycles. The second-order valence-corrected chi connectivity index (χ2v) is 5.61. The lowest BCUT2D eigenvalue weighted by Gasteiger charge is -2.20. The maximum absolute atomic E-state index is 9.84. The van der Waals surface area contributed by atoms with Crippen molar-refractivity contribution in [2.24, 2.45) is 11.8 Å². The van der Waals surface area contributed by atoms with E-state index < -0.39 is 0 Å². The number of rotatable bonds is 4. The Morgan fingerprint density at radius 2 is 1.87 bits per heavy atom. The monoisotopic (exact) mass is 212 g/mol. The van der Waals surface area contributed by atoms with Crippen molar-refractivity contribution in [2.75, 3.05) is 0 Å². The van der Waals surface area contributed by atoms with E-state index in [9.17, 15) is 5.11 Å². The van der Waals surface area contributed by atoms with Crippen LogP contribution in [0.3, 0.4) is 0 Å². The van der Waals surface area contributed by atoms with Crippen molar-refractivity contribution in [2.45, 2.75) is 70.7 Å². The third-order valence-corrected chi connectivity index (χ3v) is 3.93. The van der Waals surface area contributed by atoms with Gasteiger partial charge in [-0.2, -0.15) is 0 Å². The van der Waals surface area contributed by atoms with Crippen LogP contribution in [0.2, 0.25) is 0 Å². The molecule has 1 saturated heterocycles. The molecule has 2 aliphatic rings. The van der Waals surface area contributed by atoms with Crippen LogP contribution in [0.25, 0.3) is 0 Å². The molecule has 1 N–H and O–H groups in total. The molecule has 0 spiro atoms. The molecule has 1 saturated carbocycles. The van der Waals surface area contributed by atoms with Gasteiger partial charge in [0.05, 0.1) is 12.2 Å². The van der Waals surface area contributed by atoms with E-state index in [1.807, 2.05) is 0 Å². The van der Waals surface area contributed by atoms with Gasteiger partial charge in [-0.25, -0.2) is 0 Å². The lowest BCUT2D eigenvalue weighted by molar-refractivity contribution is 0.0922. The lowest BCUT2D eigenvalue weighted by atomic mass is 9.85. The number of hydrogen-bond acceptors (Lipinski definition) is 2. The molecule has 3 atom stereocenters. The van der Waals surface area contributed by atoms with Crippen molar-refractivity contribution < 1.29 is 9.84 Å². The molecule has 0 bridgehead atoms. The normalized spacial score (nSPS) is 34.4. The Kier molecular flexibility index (Phi) is 3.68. The molecule has 1 heterocycles. The van der Waals surface area contributed by atoms with E-state index in [1.54, 1.807) is 0 Å². The molecule has 0 aromatic carbocycles. The Morgan fingerprint density at radius 1 is 1.20 bits per heavy atom. The minimum absolute atomic E-state index is 0.145. The van der Waals surface area contributed by atoms with Gasteiger partial charge in [0.15, 0.2) is 0 Å². The van der Waals surface area contributed by atoms with Crippen LogP contribution < -0.4 is 0 Å². The van der Waals surface area contributed by atoms with Gasteiger partial charge in [0, 0.05) is 0 Å². The SMILES string of the molecule is CC(C)[C@@H](O)[C@H]1O[C@@H]1CC1CCCCC1. The predicted octanol–water partition coefficient (Wildman–Crippen LogP) is 2.74. The highest BCUT2D eigenvalue weighted by Gasteiger charge is 2.45. The minimum atomic E-state index is -0.251. The topological polar surface area (TPSA) is 32.8 Å². The number of aliphatic hydroxyl groups excluding tert-OH is 1. The van der Waals surface area contributed by atoms with Gasteiger partial charge < -0.3 is 9.84 Å². The first-order chi connectivity index (χ1) is 7.18. The molecule has 0 radical (unpaired) electrons. The van der Waals surface area contributed by atoms with Crippen LogP contribution in [0.4, 0.5) is 0 Å². The van der Waals surface area contributed by atoms with Crippen LogP contribution >= 0.6 is 0 Å². The van der Waals surface area contributed by atoms with Gasteiger partial charge in [-0.15, -0.1) is 0 Å². The largest absolute Gasteiger partial charge is 0.390 e. The second kappa shape index (κ2) is 4.84. The highest BCUT2D eigenvalue weighted by Crippen LogP contribution is 2.37. The molecule has 0 aromatic heterocycles. The van der Waals surface area contributed by atoms with Crippen molar-refractivity contribution in [3.63, 3.8) is 0 Å². The first kappa shape index (κ1) is 11.4. The minimum Gasteiger partial charge on any atom is -0.390 e. The molecule has 15 heavy (non-hydrogen) atoms. The fourth-order valence-corrected chi connectivity index (χ4v) is 2.78. The molecule has 2 heteroatoms. The number of aliphatic hydroxyl groups is 1. The summed E-state index contributed by atoms with van der Waals surface area (Å²) in [6.07, 6.45) is 8.42. The fraction of sp³-hybridized carbons (Fsp3) is 1.00. The summed E-state index contributed by atoms with van der Waals surface area (Å²) in [5, 5.41) is 9.84. The Balaban J connectivity index is 1.69. The van der Waals surface area contributed by atoms with Gasteiger partial charge in [-0.3, -0.25) is 0 Å². The summed E-state index contributed by atoms with van der Waals surface area (Å²) < 4.78 is 5.59. The van der Waals surface area contributed by atoms with Crippen LogP contribution in [0, 0.1) is 11.8 Å². The molecule has 0 unspecified atom stereocenters. The van der Waals surface area contributed by atoms with Crippen molar-refractivity contribution in [3.05, 3.63) is 0 Å². The molecule has 0 amide bonds. The molecule has 88 valence electrons. The summed E-state index contributed by atoms with van der Waals surface area (Å²) >= 11 is 0. The molecule has 2 rings (SSSR count). The van der Waals surface area contributed by atoms with E-state index in [1.165, 1.54) is 38.5 Å². The summed E-state index contributed by atoms with van der Waals surface area (Å²) in [4.78, 5) is 0. The van der Waals surface area contributed by atoms with Crippen molar-refractivity contribution >= 4 is 0 Å². The average molecular weight is 212 g/mol. The third-order valence-electron chi connectivity index (χ3n) is 3.93. The zero-order valence-electron chi connectivity index (χ0n) is 9.98. The summed E-state index contributed by atoms with van der Waals surface area (Å²) in [5.74, 6) is 1.19. The molecule has 2 fully saturated rings. The van der Waals surface area contributed by atoms with E-state index in [2.05, 4.69) is 13.8 Å². The quantitative estimate of drug-likeness (QED) is 0.727. The molecular formula is C13H24O2. The Hall–Kier alpha value is -0.0800. The zero-order chi connectivity index (χ0) is 10.8. The highest BCUT2D eigenvalue weighted by atomic mass is 16.6. The first-order valence-corrected chi connectivity index (χ1v) is 6.52. The van der Waals surface area contributed by atoms with E-state index >= 15 is 0 Å². The summed E-state index contributed by atoms with van der Waals surface area (Å²) in [6.45, 7) is 4.12. The zero-order valence-corrected chi connectivity index (χ0v) is 9.98. The fourth-order valence-electron chi connectivity index (χ4n) is 2.78. The van der Waals surface area contributed by atoms with Crippen molar-refractivity contribution in [1.82, 2.24) is 0 Å². The summed E-state index contributed by atoms with van der Waals surface area (Å²) in [5.41, 5.74) is 0. The van der Waals surface area contributed by atoms with Gasteiger partial charge in [0.2, 0.25) is 0 Å². The smallest absolute Gasteiger partial charge is 0.110 e. The van der Waals surface area contributed by atoms with Gasteiger partial charge in [-0.05, 0) is 18.3 Å². The number of ether oxygens (including phenoxy) is 1. The van der Waals surface area contributed by atoms with Crippen LogP contribution in [-0.4, -0.2) is 23.4 Å². The van der Waals surface area contributed by atoms with Crippen molar-refractivity contribution in [3.8, 4) is 0 Å². The van der Waals surface area contributed by atoms with E-state index in [-0.39, 0.29) is 12.2 Å². The van der Waals surface area contributed by atoms with Crippen molar-refractivity contribution in [1.29, 1.82) is 0 Å². The van der Waals surface area contributed by atoms with E-state index in [4.69, 9.17) is 4.74 Å². The Morgan fingerprint density at radius 3 is 2.47 bits per heavy atom. The van der Waals surface area contributed by atoms with Gasteiger partial charge in [0.25, 0.3) is 0 Å². The molecular weight excluding hydrogens is 188 g/mol. The lowest BCUT2D eigenvalue weighted by Crippen LogP contribution is -2.24. The average Bonchev–Trinajstić information content (AvgIpc) is 2.97. The van der Waals surface area contributed by atoms with Gasteiger partial charge in [0.1, 0.15) is 6.10 Å². The molecule has 1 aliphatic carbocycles. The predicted molar refractivity (Wildman–Crippen MR) is 60.7 cm³/mol. The highest BCUT2D eigenvalue weighted by molar-refractivity contribution is 4.93. The third kappa shape index (κ3) is 2.94. The number of hydrogen-bond donors (Lipinski definition) is 1. The molecule has 0 aromatic rings. The Labute approximate surface area is 93.0 Å². The van der Waals surface area contributed by atoms with Gasteiger partial charge >= 0.3 is 0 Å². The van der Waals surface area contributed by atoms with Gasteiger partial charge in [-0.1, -0.05) is 46.0 Å². The van der Waals surface area contributed by atoms with E-state index in [0.29, 0.717) is 12.0 Å². The summed E-state index contributed by atoms with van der Waals surface area (Å²) in [7, 11) is 0. The maximum Gasteiger partial charge on any atom is 0.110 e. The number of epoxide rings is 1. The van der Waals surface area contributed by atoms with Crippen LogP contribution in [0.5, 0.6) is 0 Å². The second-order valence-electron chi connectivity index (χ2n) is 5.61. The first-order valence-electron chi connectivity index (χ1n) is 6.52.